The van der Waals surface area contributed by atoms with Gasteiger partial charge >= 0.3 is 0 Å². The van der Waals surface area contributed by atoms with Crippen LogP contribution in [0.15, 0.2) is 30.5 Å². The standard InChI is InChI=1S/C16H23N/c1-3-4-5-6-7-11-17-12-10-15-13-14(2)8-9-16(15)17/h8-10,12-13H,3-7,11H2,1-2H3. The van der Waals surface area contributed by atoms with E-state index < -0.39 is 0 Å². The molecule has 0 bridgehead atoms. The summed E-state index contributed by atoms with van der Waals surface area (Å²) in [6.07, 6.45) is 8.98. The summed E-state index contributed by atoms with van der Waals surface area (Å²) < 4.78 is 2.39. The van der Waals surface area contributed by atoms with Crippen molar-refractivity contribution in [2.45, 2.75) is 52.5 Å². The number of nitrogens with zero attached hydrogens (tertiary/aromatic N) is 1. The van der Waals surface area contributed by atoms with Crippen molar-refractivity contribution in [3.05, 3.63) is 36.0 Å². The van der Waals surface area contributed by atoms with Crippen molar-refractivity contribution in [1.82, 2.24) is 4.57 Å². The number of aromatic nitrogens is 1. The van der Waals surface area contributed by atoms with Gasteiger partial charge in [-0.1, -0.05) is 44.2 Å². The van der Waals surface area contributed by atoms with Crippen molar-refractivity contribution in [3.8, 4) is 0 Å². The summed E-state index contributed by atoms with van der Waals surface area (Å²) in [6.45, 7) is 5.58. The van der Waals surface area contributed by atoms with E-state index in [0.29, 0.717) is 0 Å². The van der Waals surface area contributed by atoms with E-state index in [4.69, 9.17) is 0 Å². The number of fused-ring (bicyclic) bond motifs is 1. The molecule has 17 heavy (non-hydrogen) atoms. The van der Waals surface area contributed by atoms with Gasteiger partial charge in [0, 0.05) is 18.3 Å². The zero-order chi connectivity index (χ0) is 12.1. The third-order valence-electron chi connectivity index (χ3n) is 3.43. The van der Waals surface area contributed by atoms with E-state index in [-0.39, 0.29) is 0 Å². The molecule has 0 aliphatic carbocycles. The smallest absolute Gasteiger partial charge is 0.0480 e. The molecule has 0 amide bonds. The minimum absolute atomic E-state index is 1.16. The molecule has 0 radical (unpaired) electrons. The Morgan fingerprint density at radius 3 is 2.65 bits per heavy atom. The Labute approximate surface area is 104 Å². The van der Waals surface area contributed by atoms with Gasteiger partial charge in [0.1, 0.15) is 0 Å². The fourth-order valence-corrected chi connectivity index (χ4v) is 2.40. The second-order valence-electron chi connectivity index (χ2n) is 4.99. The molecule has 1 heterocycles. The van der Waals surface area contributed by atoms with Crippen molar-refractivity contribution in [1.29, 1.82) is 0 Å². The van der Waals surface area contributed by atoms with Gasteiger partial charge < -0.3 is 4.57 Å². The van der Waals surface area contributed by atoms with Gasteiger partial charge in [0.25, 0.3) is 0 Å². The third-order valence-corrected chi connectivity index (χ3v) is 3.43. The third kappa shape index (κ3) is 3.12. The summed E-state index contributed by atoms with van der Waals surface area (Å²) in [4.78, 5) is 0. The van der Waals surface area contributed by atoms with E-state index in [1.807, 2.05) is 0 Å². The van der Waals surface area contributed by atoms with Crippen LogP contribution in [0.5, 0.6) is 0 Å². The SMILES string of the molecule is CCCCCCCn1ccc2cc(C)ccc21. The molecule has 2 rings (SSSR count). The summed E-state index contributed by atoms with van der Waals surface area (Å²) in [6, 6.07) is 8.95. The van der Waals surface area contributed by atoms with E-state index in [2.05, 4.69) is 48.9 Å². The van der Waals surface area contributed by atoms with Crippen LogP contribution >= 0.6 is 0 Å². The summed E-state index contributed by atoms with van der Waals surface area (Å²) in [7, 11) is 0. The molecule has 1 nitrogen and oxygen atoms in total. The number of benzene rings is 1. The van der Waals surface area contributed by atoms with Crippen molar-refractivity contribution >= 4 is 10.9 Å². The molecule has 0 N–H and O–H groups in total. The average molecular weight is 229 g/mol. The lowest BCUT2D eigenvalue weighted by molar-refractivity contribution is 0.577. The lowest BCUT2D eigenvalue weighted by Crippen LogP contribution is -1.95. The summed E-state index contributed by atoms with van der Waals surface area (Å²) in [5, 5.41) is 1.37. The van der Waals surface area contributed by atoms with Crippen LogP contribution in [0.1, 0.15) is 44.6 Å². The molecule has 0 fully saturated rings. The fraction of sp³-hybridized carbons (Fsp3) is 0.500. The molecule has 1 aromatic carbocycles. The predicted octanol–water partition coefficient (Wildman–Crippen LogP) is 4.92. The first-order chi connectivity index (χ1) is 8.31. The van der Waals surface area contributed by atoms with Crippen molar-refractivity contribution < 1.29 is 0 Å². The number of rotatable bonds is 6. The molecule has 2 aromatic rings. The molecular weight excluding hydrogens is 206 g/mol. The van der Waals surface area contributed by atoms with Gasteiger partial charge in [0.15, 0.2) is 0 Å². The second kappa shape index (κ2) is 5.90. The molecular formula is C16H23N. The number of hydrogen-bond acceptors (Lipinski definition) is 0. The first-order valence-electron chi connectivity index (χ1n) is 6.87. The zero-order valence-corrected chi connectivity index (χ0v) is 11.1. The van der Waals surface area contributed by atoms with Gasteiger partial charge in [0.2, 0.25) is 0 Å². The van der Waals surface area contributed by atoms with Gasteiger partial charge in [-0.2, -0.15) is 0 Å². The first-order valence-corrected chi connectivity index (χ1v) is 6.87. The molecule has 92 valence electrons. The van der Waals surface area contributed by atoms with Crippen LogP contribution in [0, 0.1) is 6.92 Å². The van der Waals surface area contributed by atoms with Crippen LogP contribution in [0.3, 0.4) is 0 Å². The van der Waals surface area contributed by atoms with Crippen LogP contribution in [0.4, 0.5) is 0 Å². The minimum Gasteiger partial charge on any atom is -0.347 e. The van der Waals surface area contributed by atoms with E-state index in [1.54, 1.807) is 0 Å². The maximum absolute atomic E-state index is 2.39. The first kappa shape index (κ1) is 12.2. The summed E-state index contributed by atoms with van der Waals surface area (Å²) in [5.74, 6) is 0. The molecule has 0 aliphatic rings. The minimum atomic E-state index is 1.16. The van der Waals surface area contributed by atoms with E-state index in [0.717, 1.165) is 6.54 Å². The van der Waals surface area contributed by atoms with Crippen molar-refractivity contribution in [3.63, 3.8) is 0 Å². The lowest BCUT2D eigenvalue weighted by atomic mass is 10.1. The maximum atomic E-state index is 2.39. The normalized spacial score (nSPS) is 11.2. The zero-order valence-electron chi connectivity index (χ0n) is 11.1. The molecule has 0 atom stereocenters. The molecule has 0 saturated carbocycles. The Morgan fingerprint density at radius 2 is 1.82 bits per heavy atom. The van der Waals surface area contributed by atoms with Gasteiger partial charge in [-0.05, 0) is 36.9 Å². The Balaban J connectivity index is 1.95. The van der Waals surface area contributed by atoms with Crippen LogP contribution in [0.25, 0.3) is 10.9 Å². The quantitative estimate of drug-likeness (QED) is 0.620. The number of unbranched alkanes of at least 4 members (excludes halogenated alkanes) is 4. The van der Waals surface area contributed by atoms with Gasteiger partial charge in [0.05, 0.1) is 0 Å². The lowest BCUT2D eigenvalue weighted by Gasteiger charge is -2.05. The molecule has 0 unspecified atom stereocenters. The molecule has 1 aromatic heterocycles. The van der Waals surface area contributed by atoms with E-state index in [9.17, 15) is 0 Å². The van der Waals surface area contributed by atoms with Crippen LogP contribution < -0.4 is 0 Å². The van der Waals surface area contributed by atoms with Crippen molar-refractivity contribution in [2.75, 3.05) is 0 Å². The van der Waals surface area contributed by atoms with Gasteiger partial charge in [-0.15, -0.1) is 0 Å². The Morgan fingerprint density at radius 1 is 1.00 bits per heavy atom. The van der Waals surface area contributed by atoms with E-state index >= 15 is 0 Å². The van der Waals surface area contributed by atoms with Gasteiger partial charge in [-0.3, -0.25) is 0 Å². The molecule has 0 saturated heterocycles. The van der Waals surface area contributed by atoms with Crippen molar-refractivity contribution in [2.24, 2.45) is 0 Å². The Bertz CT molecular complexity index is 467. The van der Waals surface area contributed by atoms with Crippen LogP contribution in [-0.4, -0.2) is 4.57 Å². The largest absolute Gasteiger partial charge is 0.347 e. The van der Waals surface area contributed by atoms with Crippen LogP contribution in [0.2, 0.25) is 0 Å². The van der Waals surface area contributed by atoms with Crippen LogP contribution in [-0.2, 0) is 6.54 Å². The Hall–Kier alpha value is -1.24. The number of aryl methyl sites for hydroxylation is 2. The molecule has 0 aliphatic heterocycles. The molecule has 0 spiro atoms. The summed E-state index contributed by atoms with van der Waals surface area (Å²) in [5.41, 5.74) is 2.73. The van der Waals surface area contributed by atoms with Gasteiger partial charge in [-0.25, -0.2) is 0 Å². The van der Waals surface area contributed by atoms with E-state index in [1.165, 1.54) is 48.6 Å². The topological polar surface area (TPSA) is 4.93 Å². The number of hydrogen-bond donors (Lipinski definition) is 0. The highest BCUT2D eigenvalue weighted by atomic mass is 14.9. The summed E-state index contributed by atoms with van der Waals surface area (Å²) >= 11 is 0. The fourth-order valence-electron chi connectivity index (χ4n) is 2.40. The highest BCUT2D eigenvalue weighted by molar-refractivity contribution is 5.80. The highest BCUT2D eigenvalue weighted by Gasteiger charge is 2.00. The second-order valence-corrected chi connectivity index (χ2v) is 4.99. The highest BCUT2D eigenvalue weighted by Crippen LogP contribution is 2.18. The Kier molecular flexibility index (Phi) is 4.24. The predicted molar refractivity (Wildman–Crippen MR) is 75.4 cm³/mol. The average Bonchev–Trinajstić information content (AvgIpc) is 2.71. The monoisotopic (exact) mass is 229 g/mol. The maximum Gasteiger partial charge on any atom is 0.0480 e. The molecule has 1 heteroatoms.